The van der Waals surface area contributed by atoms with Gasteiger partial charge in [-0.1, -0.05) is 19.8 Å². The van der Waals surface area contributed by atoms with Gasteiger partial charge in [0, 0.05) is 6.04 Å². The molecular formula is C12H19NO3. The second kappa shape index (κ2) is 4.44. The molecule has 2 saturated carbocycles. The Hall–Kier alpha value is -1.06. The number of nitrogens with one attached hydrogen (secondary N) is 1. The Balaban J connectivity index is 1.77. The van der Waals surface area contributed by atoms with Crippen LogP contribution in [0.1, 0.15) is 39.0 Å². The average Bonchev–Trinajstić information content (AvgIpc) is 2.96. The molecule has 16 heavy (non-hydrogen) atoms. The van der Waals surface area contributed by atoms with E-state index in [1.54, 1.807) is 0 Å². The number of aliphatic carboxylic acids is 1. The van der Waals surface area contributed by atoms with Crippen molar-refractivity contribution in [3.63, 3.8) is 0 Å². The van der Waals surface area contributed by atoms with E-state index in [4.69, 9.17) is 5.11 Å². The summed E-state index contributed by atoms with van der Waals surface area (Å²) in [6.07, 6.45) is 5.01. The Morgan fingerprint density at radius 3 is 2.50 bits per heavy atom. The number of amides is 1. The van der Waals surface area contributed by atoms with E-state index in [1.165, 1.54) is 12.8 Å². The number of carboxylic acid groups (broad SMARTS) is 1. The van der Waals surface area contributed by atoms with Crippen molar-refractivity contribution in [2.75, 3.05) is 0 Å². The van der Waals surface area contributed by atoms with Gasteiger partial charge in [0.2, 0.25) is 5.91 Å². The van der Waals surface area contributed by atoms with Crippen LogP contribution in [0, 0.1) is 17.8 Å². The molecule has 4 unspecified atom stereocenters. The van der Waals surface area contributed by atoms with Crippen LogP contribution >= 0.6 is 0 Å². The molecule has 2 N–H and O–H groups in total. The zero-order valence-electron chi connectivity index (χ0n) is 9.61. The Morgan fingerprint density at radius 2 is 1.94 bits per heavy atom. The first-order valence-corrected chi connectivity index (χ1v) is 6.11. The van der Waals surface area contributed by atoms with Crippen LogP contribution in [-0.4, -0.2) is 23.0 Å². The number of carboxylic acids is 1. The van der Waals surface area contributed by atoms with Crippen LogP contribution in [0.2, 0.25) is 0 Å². The van der Waals surface area contributed by atoms with Crippen LogP contribution in [0.5, 0.6) is 0 Å². The SMILES string of the molecule is CC1CCCC(NC(=O)C2CC2C(=O)O)C1. The first-order chi connectivity index (χ1) is 7.58. The molecule has 4 atom stereocenters. The summed E-state index contributed by atoms with van der Waals surface area (Å²) in [6, 6.07) is 0.270. The molecule has 0 heterocycles. The van der Waals surface area contributed by atoms with Gasteiger partial charge in [-0.05, 0) is 25.2 Å². The van der Waals surface area contributed by atoms with Gasteiger partial charge in [-0.15, -0.1) is 0 Å². The Kier molecular flexibility index (Phi) is 3.17. The predicted molar refractivity (Wildman–Crippen MR) is 58.8 cm³/mol. The van der Waals surface area contributed by atoms with Crippen molar-refractivity contribution in [2.24, 2.45) is 17.8 Å². The molecule has 2 rings (SSSR count). The minimum absolute atomic E-state index is 0.0495. The van der Waals surface area contributed by atoms with Crippen molar-refractivity contribution < 1.29 is 14.7 Å². The lowest BCUT2D eigenvalue weighted by Gasteiger charge is -2.27. The molecule has 0 aliphatic heterocycles. The molecule has 0 saturated heterocycles. The van der Waals surface area contributed by atoms with Gasteiger partial charge in [-0.2, -0.15) is 0 Å². The molecule has 0 spiro atoms. The number of carbonyl (C=O) groups is 2. The standard InChI is InChI=1S/C12H19NO3/c1-7-3-2-4-8(5-7)13-11(14)9-6-10(9)12(15)16/h7-10H,2-6H2,1H3,(H,13,14)(H,15,16). The molecule has 4 nitrogen and oxygen atoms in total. The summed E-state index contributed by atoms with van der Waals surface area (Å²) in [6.45, 7) is 2.20. The summed E-state index contributed by atoms with van der Waals surface area (Å²) in [5.74, 6) is -0.909. The lowest BCUT2D eigenvalue weighted by molar-refractivity contribution is -0.140. The van der Waals surface area contributed by atoms with E-state index in [0.717, 1.165) is 12.8 Å². The van der Waals surface area contributed by atoms with E-state index in [2.05, 4.69) is 12.2 Å². The van der Waals surface area contributed by atoms with Crippen LogP contribution < -0.4 is 5.32 Å². The molecule has 1 amide bonds. The quantitative estimate of drug-likeness (QED) is 0.763. The maximum Gasteiger partial charge on any atom is 0.307 e. The second-order valence-corrected chi connectivity index (χ2v) is 5.26. The van der Waals surface area contributed by atoms with Gasteiger partial charge in [0.15, 0.2) is 0 Å². The van der Waals surface area contributed by atoms with E-state index >= 15 is 0 Å². The topological polar surface area (TPSA) is 66.4 Å². The van der Waals surface area contributed by atoms with Crippen molar-refractivity contribution in [1.82, 2.24) is 5.32 Å². The van der Waals surface area contributed by atoms with E-state index in [1.807, 2.05) is 0 Å². The fourth-order valence-electron chi connectivity index (χ4n) is 2.63. The maximum absolute atomic E-state index is 11.7. The smallest absolute Gasteiger partial charge is 0.307 e. The largest absolute Gasteiger partial charge is 0.481 e. The third-order valence-corrected chi connectivity index (χ3v) is 3.73. The lowest BCUT2D eigenvalue weighted by Crippen LogP contribution is -2.39. The summed E-state index contributed by atoms with van der Waals surface area (Å²) in [4.78, 5) is 22.4. The molecule has 0 bridgehead atoms. The summed E-state index contributed by atoms with van der Waals surface area (Å²) in [5, 5.41) is 11.7. The fraction of sp³-hybridized carbons (Fsp3) is 0.833. The van der Waals surface area contributed by atoms with Crippen molar-refractivity contribution in [3.8, 4) is 0 Å². The number of carbonyl (C=O) groups excluding carboxylic acids is 1. The summed E-state index contributed by atoms with van der Waals surface area (Å²) >= 11 is 0. The van der Waals surface area contributed by atoms with E-state index in [0.29, 0.717) is 12.3 Å². The molecule has 0 aromatic heterocycles. The van der Waals surface area contributed by atoms with Crippen LogP contribution in [-0.2, 0) is 9.59 Å². The average molecular weight is 225 g/mol. The molecular weight excluding hydrogens is 206 g/mol. The maximum atomic E-state index is 11.7. The van der Waals surface area contributed by atoms with Gasteiger partial charge < -0.3 is 10.4 Å². The fourth-order valence-corrected chi connectivity index (χ4v) is 2.63. The third kappa shape index (κ3) is 2.54. The Labute approximate surface area is 95.4 Å². The van der Waals surface area contributed by atoms with Gasteiger partial charge in [-0.3, -0.25) is 9.59 Å². The third-order valence-electron chi connectivity index (χ3n) is 3.73. The van der Waals surface area contributed by atoms with E-state index < -0.39 is 11.9 Å². The monoisotopic (exact) mass is 225 g/mol. The molecule has 2 fully saturated rings. The Morgan fingerprint density at radius 1 is 1.19 bits per heavy atom. The first kappa shape index (κ1) is 11.4. The minimum Gasteiger partial charge on any atom is -0.481 e. The van der Waals surface area contributed by atoms with Crippen molar-refractivity contribution in [3.05, 3.63) is 0 Å². The number of hydrogen-bond acceptors (Lipinski definition) is 2. The zero-order valence-corrected chi connectivity index (χ0v) is 9.61. The van der Waals surface area contributed by atoms with Gasteiger partial charge in [0.25, 0.3) is 0 Å². The van der Waals surface area contributed by atoms with Crippen molar-refractivity contribution in [1.29, 1.82) is 0 Å². The summed E-state index contributed by atoms with van der Waals surface area (Å²) in [7, 11) is 0. The normalized spacial score (nSPS) is 37.8. The van der Waals surface area contributed by atoms with Crippen molar-refractivity contribution >= 4 is 11.9 Å². The molecule has 4 heteroatoms. The number of rotatable bonds is 3. The summed E-state index contributed by atoms with van der Waals surface area (Å²) < 4.78 is 0. The summed E-state index contributed by atoms with van der Waals surface area (Å²) in [5.41, 5.74) is 0. The van der Waals surface area contributed by atoms with E-state index in [9.17, 15) is 9.59 Å². The zero-order chi connectivity index (χ0) is 11.7. The molecule has 2 aliphatic carbocycles. The van der Waals surface area contributed by atoms with Crippen LogP contribution in [0.4, 0.5) is 0 Å². The van der Waals surface area contributed by atoms with E-state index in [-0.39, 0.29) is 17.9 Å². The molecule has 90 valence electrons. The van der Waals surface area contributed by atoms with Gasteiger partial charge in [-0.25, -0.2) is 0 Å². The highest BCUT2D eigenvalue weighted by Crippen LogP contribution is 2.39. The van der Waals surface area contributed by atoms with Gasteiger partial charge in [0.1, 0.15) is 0 Å². The molecule has 0 radical (unpaired) electrons. The predicted octanol–water partition coefficient (Wildman–Crippen LogP) is 1.40. The van der Waals surface area contributed by atoms with Gasteiger partial charge in [0.05, 0.1) is 11.8 Å². The van der Waals surface area contributed by atoms with Crippen LogP contribution in [0.25, 0.3) is 0 Å². The van der Waals surface area contributed by atoms with Gasteiger partial charge >= 0.3 is 5.97 Å². The lowest BCUT2D eigenvalue weighted by atomic mass is 9.87. The second-order valence-electron chi connectivity index (χ2n) is 5.26. The first-order valence-electron chi connectivity index (χ1n) is 6.11. The molecule has 0 aromatic rings. The molecule has 2 aliphatic rings. The van der Waals surface area contributed by atoms with Crippen molar-refractivity contribution in [2.45, 2.75) is 45.1 Å². The Bertz CT molecular complexity index is 303. The minimum atomic E-state index is -0.836. The molecule has 0 aromatic carbocycles. The van der Waals surface area contributed by atoms with Crippen LogP contribution in [0.3, 0.4) is 0 Å². The highest BCUT2D eigenvalue weighted by atomic mass is 16.4. The highest BCUT2D eigenvalue weighted by Gasteiger charge is 2.48. The van der Waals surface area contributed by atoms with Crippen LogP contribution in [0.15, 0.2) is 0 Å². The number of hydrogen-bond donors (Lipinski definition) is 2. The highest BCUT2D eigenvalue weighted by molar-refractivity contribution is 5.89.